The van der Waals surface area contributed by atoms with Crippen molar-refractivity contribution in [2.45, 2.75) is 24.8 Å². The van der Waals surface area contributed by atoms with Crippen molar-refractivity contribution in [2.24, 2.45) is 5.18 Å². The molecule has 0 spiro atoms. The molecular formula is C15H14N2O. The maximum atomic E-state index is 11.0. The molecule has 90 valence electrons. The second kappa shape index (κ2) is 4.69. The molecule has 0 amide bonds. The Morgan fingerprint density at radius 3 is 2.44 bits per heavy atom. The smallest absolute Gasteiger partial charge is 0.159 e. The predicted molar refractivity (Wildman–Crippen MR) is 70.3 cm³/mol. The molecule has 1 unspecified atom stereocenters. The van der Waals surface area contributed by atoms with Crippen LogP contribution in [0.4, 0.5) is 0 Å². The molecule has 0 radical (unpaired) electrons. The SMILES string of the molecule is O=NC(c1ccccc1)c1ccc(C2CC2)cn1. The fraction of sp³-hybridized carbons (Fsp3) is 0.267. The van der Waals surface area contributed by atoms with Crippen LogP contribution in [0, 0.1) is 4.91 Å². The third-order valence-corrected chi connectivity index (χ3v) is 3.36. The van der Waals surface area contributed by atoms with E-state index in [2.05, 4.69) is 16.2 Å². The molecule has 0 saturated heterocycles. The molecule has 1 aromatic carbocycles. The number of nitrogens with zero attached hydrogens (tertiary/aromatic N) is 2. The van der Waals surface area contributed by atoms with E-state index in [1.54, 1.807) is 0 Å². The van der Waals surface area contributed by atoms with E-state index in [1.807, 2.05) is 42.6 Å². The van der Waals surface area contributed by atoms with E-state index in [9.17, 15) is 4.91 Å². The van der Waals surface area contributed by atoms with Gasteiger partial charge in [0.15, 0.2) is 6.04 Å². The van der Waals surface area contributed by atoms with Gasteiger partial charge < -0.3 is 0 Å². The summed E-state index contributed by atoms with van der Waals surface area (Å²) < 4.78 is 0. The van der Waals surface area contributed by atoms with Crippen molar-refractivity contribution >= 4 is 0 Å². The molecule has 2 aromatic rings. The lowest BCUT2D eigenvalue weighted by molar-refractivity contribution is 0.818. The van der Waals surface area contributed by atoms with Gasteiger partial charge in [-0.2, -0.15) is 0 Å². The van der Waals surface area contributed by atoms with Gasteiger partial charge in [-0.3, -0.25) is 4.98 Å². The van der Waals surface area contributed by atoms with Crippen molar-refractivity contribution in [1.82, 2.24) is 4.98 Å². The average Bonchev–Trinajstić information content (AvgIpc) is 3.26. The summed E-state index contributed by atoms with van der Waals surface area (Å²) in [5.41, 5.74) is 2.89. The van der Waals surface area contributed by atoms with Crippen molar-refractivity contribution in [3.63, 3.8) is 0 Å². The zero-order chi connectivity index (χ0) is 12.4. The van der Waals surface area contributed by atoms with Crippen LogP contribution in [0.15, 0.2) is 53.8 Å². The Morgan fingerprint density at radius 1 is 1.11 bits per heavy atom. The Labute approximate surface area is 106 Å². The van der Waals surface area contributed by atoms with Crippen molar-refractivity contribution in [1.29, 1.82) is 0 Å². The van der Waals surface area contributed by atoms with Crippen molar-refractivity contribution < 1.29 is 0 Å². The summed E-state index contributed by atoms with van der Waals surface area (Å²) >= 11 is 0. The van der Waals surface area contributed by atoms with Crippen LogP contribution in [0.5, 0.6) is 0 Å². The maximum Gasteiger partial charge on any atom is 0.159 e. The molecule has 1 aromatic heterocycles. The monoisotopic (exact) mass is 238 g/mol. The van der Waals surface area contributed by atoms with Gasteiger partial charge in [-0.1, -0.05) is 41.6 Å². The zero-order valence-corrected chi connectivity index (χ0v) is 9.99. The van der Waals surface area contributed by atoms with Crippen LogP contribution in [0.1, 0.15) is 41.6 Å². The summed E-state index contributed by atoms with van der Waals surface area (Å²) in [7, 11) is 0. The van der Waals surface area contributed by atoms with Gasteiger partial charge in [-0.25, -0.2) is 0 Å². The minimum Gasteiger partial charge on any atom is -0.258 e. The van der Waals surface area contributed by atoms with Crippen LogP contribution in [0.3, 0.4) is 0 Å². The highest BCUT2D eigenvalue weighted by Crippen LogP contribution is 2.40. The number of hydrogen-bond acceptors (Lipinski definition) is 3. The van der Waals surface area contributed by atoms with Crippen molar-refractivity contribution in [3.05, 3.63) is 70.4 Å². The first-order chi connectivity index (χ1) is 8.88. The van der Waals surface area contributed by atoms with E-state index >= 15 is 0 Å². The number of pyridine rings is 1. The average molecular weight is 238 g/mol. The molecule has 3 nitrogen and oxygen atoms in total. The number of nitroso groups, excluding NO2 is 1. The molecule has 3 rings (SSSR count). The van der Waals surface area contributed by atoms with Crippen molar-refractivity contribution in [2.75, 3.05) is 0 Å². The summed E-state index contributed by atoms with van der Waals surface area (Å²) in [6, 6.07) is 13.0. The number of aromatic nitrogens is 1. The van der Waals surface area contributed by atoms with Gasteiger partial charge >= 0.3 is 0 Å². The third-order valence-electron chi connectivity index (χ3n) is 3.36. The van der Waals surface area contributed by atoms with Crippen molar-refractivity contribution in [3.8, 4) is 0 Å². The molecule has 0 bridgehead atoms. The Kier molecular flexibility index (Phi) is 2.89. The predicted octanol–water partition coefficient (Wildman–Crippen LogP) is 3.81. The highest BCUT2D eigenvalue weighted by atomic mass is 16.3. The quantitative estimate of drug-likeness (QED) is 0.760. The lowest BCUT2D eigenvalue weighted by Gasteiger charge is -2.09. The van der Waals surface area contributed by atoms with Crippen LogP contribution in [0.2, 0.25) is 0 Å². The first kappa shape index (κ1) is 11.1. The Bertz CT molecular complexity index is 532. The molecule has 0 N–H and O–H groups in total. The summed E-state index contributed by atoms with van der Waals surface area (Å²) in [5.74, 6) is 0.686. The van der Waals surface area contributed by atoms with Crippen LogP contribution in [-0.4, -0.2) is 4.98 Å². The number of rotatable bonds is 4. The first-order valence-electron chi connectivity index (χ1n) is 6.22. The maximum absolute atomic E-state index is 11.0. The molecule has 1 heterocycles. The highest BCUT2D eigenvalue weighted by molar-refractivity contribution is 5.30. The zero-order valence-electron chi connectivity index (χ0n) is 9.99. The Balaban J connectivity index is 1.89. The second-order valence-corrected chi connectivity index (χ2v) is 4.71. The van der Waals surface area contributed by atoms with E-state index in [4.69, 9.17) is 0 Å². The fourth-order valence-corrected chi connectivity index (χ4v) is 2.16. The molecule has 3 heteroatoms. The lowest BCUT2D eigenvalue weighted by atomic mass is 10.0. The summed E-state index contributed by atoms with van der Waals surface area (Å²) in [4.78, 5) is 15.4. The first-order valence-corrected chi connectivity index (χ1v) is 6.22. The van der Waals surface area contributed by atoms with Gasteiger partial charge in [0.25, 0.3) is 0 Å². The van der Waals surface area contributed by atoms with Gasteiger partial charge in [-0.15, -0.1) is 4.91 Å². The normalized spacial score (nSPS) is 16.2. The van der Waals surface area contributed by atoms with Gasteiger partial charge in [0.1, 0.15) is 0 Å². The topological polar surface area (TPSA) is 42.3 Å². The second-order valence-electron chi connectivity index (χ2n) is 4.71. The van der Waals surface area contributed by atoms with Gasteiger partial charge in [0.05, 0.1) is 5.69 Å². The molecule has 1 atom stereocenters. The lowest BCUT2D eigenvalue weighted by Crippen LogP contribution is -2.00. The molecule has 1 fully saturated rings. The fourth-order valence-electron chi connectivity index (χ4n) is 2.16. The van der Waals surface area contributed by atoms with Crippen LogP contribution < -0.4 is 0 Å². The molecule has 1 aliphatic rings. The van der Waals surface area contributed by atoms with Gasteiger partial charge in [0.2, 0.25) is 0 Å². The Hall–Kier alpha value is -2.03. The standard InChI is InChI=1S/C15H14N2O/c18-17-15(12-4-2-1-3-5-12)14-9-8-13(10-16-14)11-6-7-11/h1-5,8-11,15H,6-7H2. The van der Waals surface area contributed by atoms with Crippen LogP contribution >= 0.6 is 0 Å². The van der Waals surface area contributed by atoms with Gasteiger partial charge in [0, 0.05) is 6.20 Å². The van der Waals surface area contributed by atoms with E-state index in [1.165, 1.54) is 18.4 Å². The summed E-state index contributed by atoms with van der Waals surface area (Å²) in [5, 5.41) is 3.21. The molecule has 18 heavy (non-hydrogen) atoms. The molecule has 1 aliphatic carbocycles. The minimum atomic E-state index is -0.501. The van der Waals surface area contributed by atoms with E-state index in [0.717, 1.165) is 11.3 Å². The Morgan fingerprint density at radius 2 is 1.89 bits per heavy atom. The van der Waals surface area contributed by atoms with E-state index in [-0.39, 0.29) is 0 Å². The van der Waals surface area contributed by atoms with Crippen LogP contribution in [0.25, 0.3) is 0 Å². The van der Waals surface area contributed by atoms with Gasteiger partial charge in [-0.05, 0) is 36.0 Å². The largest absolute Gasteiger partial charge is 0.258 e. The summed E-state index contributed by atoms with van der Waals surface area (Å²) in [6.45, 7) is 0. The molecule has 1 saturated carbocycles. The van der Waals surface area contributed by atoms with Crippen LogP contribution in [-0.2, 0) is 0 Å². The minimum absolute atomic E-state index is 0.501. The molecule has 0 aliphatic heterocycles. The van der Waals surface area contributed by atoms with E-state index in [0.29, 0.717) is 5.92 Å². The number of hydrogen-bond donors (Lipinski definition) is 0. The third kappa shape index (κ3) is 2.16. The summed E-state index contributed by atoms with van der Waals surface area (Å²) in [6.07, 6.45) is 4.40. The molecular weight excluding hydrogens is 224 g/mol. The highest BCUT2D eigenvalue weighted by Gasteiger charge is 2.24. The van der Waals surface area contributed by atoms with E-state index < -0.39 is 6.04 Å². The number of benzene rings is 1.